The second kappa shape index (κ2) is 5.44. The Morgan fingerprint density at radius 2 is 2.17 bits per heavy atom. The van der Waals surface area contributed by atoms with Crippen molar-refractivity contribution in [2.24, 2.45) is 0 Å². The lowest BCUT2D eigenvalue weighted by atomic mass is 9.99. The molecule has 0 spiro atoms. The predicted octanol–water partition coefficient (Wildman–Crippen LogP) is 2.47. The Balaban J connectivity index is 3.02. The van der Waals surface area contributed by atoms with Crippen LogP contribution in [-0.4, -0.2) is 33.0 Å². The van der Waals surface area contributed by atoms with Gasteiger partial charge in [0.2, 0.25) is 0 Å². The molecular formula is C13H19FN2O2. The molecule has 1 heterocycles. The van der Waals surface area contributed by atoms with E-state index in [1.807, 2.05) is 18.7 Å². The fourth-order valence-electron chi connectivity index (χ4n) is 2.07. The number of hydrogen-bond acceptors (Lipinski definition) is 3. The lowest BCUT2D eigenvalue weighted by molar-refractivity contribution is -0.150. The van der Waals surface area contributed by atoms with Gasteiger partial charge in [-0.15, -0.1) is 0 Å². The summed E-state index contributed by atoms with van der Waals surface area (Å²) in [6, 6.07) is 2.72. The molecule has 0 amide bonds. The molecule has 18 heavy (non-hydrogen) atoms. The number of rotatable bonds is 5. The van der Waals surface area contributed by atoms with Crippen molar-refractivity contribution in [1.29, 1.82) is 0 Å². The Morgan fingerprint density at radius 3 is 2.56 bits per heavy atom. The fourth-order valence-corrected chi connectivity index (χ4v) is 2.07. The third-order valence-corrected chi connectivity index (χ3v) is 3.23. The summed E-state index contributed by atoms with van der Waals surface area (Å²) in [7, 11) is 0. The van der Waals surface area contributed by atoms with Gasteiger partial charge in [-0.3, -0.25) is 14.7 Å². The summed E-state index contributed by atoms with van der Waals surface area (Å²) in [6.07, 6.45) is 1.15. The van der Waals surface area contributed by atoms with Crippen LogP contribution in [-0.2, 0) is 4.79 Å². The van der Waals surface area contributed by atoms with Crippen LogP contribution in [0.2, 0.25) is 0 Å². The average molecular weight is 254 g/mol. The second-order valence-electron chi connectivity index (χ2n) is 4.73. The van der Waals surface area contributed by atoms with Crippen LogP contribution in [0.5, 0.6) is 0 Å². The Labute approximate surface area is 106 Å². The fraction of sp³-hybridized carbons (Fsp3) is 0.538. The number of carboxylic acid groups (broad SMARTS) is 1. The molecule has 4 nitrogen and oxygen atoms in total. The first-order valence-electron chi connectivity index (χ1n) is 5.92. The molecule has 0 aliphatic heterocycles. The highest BCUT2D eigenvalue weighted by atomic mass is 19.1. The first-order chi connectivity index (χ1) is 8.30. The van der Waals surface area contributed by atoms with Crippen LogP contribution >= 0.6 is 0 Å². The molecule has 1 atom stereocenters. The number of nitrogens with zero attached hydrogens (tertiary/aromatic N) is 2. The molecular weight excluding hydrogens is 235 g/mol. The number of hydrogen-bond donors (Lipinski definition) is 1. The van der Waals surface area contributed by atoms with Crippen molar-refractivity contribution in [2.45, 2.75) is 39.3 Å². The zero-order chi connectivity index (χ0) is 13.9. The summed E-state index contributed by atoms with van der Waals surface area (Å²) >= 11 is 0. The van der Waals surface area contributed by atoms with E-state index in [0.717, 1.165) is 6.20 Å². The molecule has 5 heteroatoms. The van der Waals surface area contributed by atoms with E-state index in [9.17, 15) is 14.3 Å². The molecule has 100 valence electrons. The molecule has 0 bridgehead atoms. The molecule has 0 radical (unpaired) electrons. The number of aliphatic carboxylic acids is 1. The van der Waals surface area contributed by atoms with Gasteiger partial charge in [-0.25, -0.2) is 4.39 Å². The molecule has 1 aromatic rings. The summed E-state index contributed by atoms with van der Waals surface area (Å²) < 4.78 is 12.8. The molecule has 1 N–H and O–H groups in total. The van der Waals surface area contributed by atoms with Gasteiger partial charge < -0.3 is 5.11 Å². The van der Waals surface area contributed by atoms with Crippen molar-refractivity contribution in [1.82, 2.24) is 9.88 Å². The van der Waals surface area contributed by atoms with Crippen LogP contribution < -0.4 is 0 Å². The number of halogens is 1. The van der Waals surface area contributed by atoms with E-state index >= 15 is 0 Å². The summed E-state index contributed by atoms with van der Waals surface area (Å²) in [4.78, 5) is 17.1. The minimum absolute atomic E-state index is 0.193. The number of pyridine rings is 1. The third kappa shape index (κ3) is 2.85. The van der Waals surface area contributed by atoms with Gasteiger partial charge in [0, 0.05) is 0 Å². The van der Waals surface area contributed by atoms with Crippen molar-refractivity contribution in [3.8, 4) is 0 Å². The van der Waals surface area contributed by atoms with Crippen LogP contribution in [0, 0.1) is 5.82 Å². The maximum absolute atomic E-state index is 12.8. The quantitative estimate of drug-likeness (QED) is 0.877. The summed E-state index contributed by atoms with van der Waals surface area (Å²) in [6.45, 7) is 7.64. The monoisotopic (exact) mass is 254 g/mol. The van der Waals surface area contributed by atoms with E-state index in [2.05, 4.69) is 4.98 Å². The van der Waals surface area contributed by atoms with Gasteiger partial charge in [0.25, 0.3) is 0 Å². The smallest absolute Gasteiger partial charge is 0.323 e. The van der Waals surface area contributed by atoms with Crippen LogP contribution in [0.15, 0.2) is 18.3 Å². The van der Waals surface area contributed by atoms with E-state index < -0.39 is 17.3 Å². The molecule has 0 saturated heterocycles. The van der Waals surface area contributed by atoms with Crippen molar-refractivity contribution in [3.05, 3.63) is 29.8 Å². The molecule has 1 unspecified atom stereocenters. The average Bonchev–Trinajstić information content (AvgIpc) is 2.30. The van der Waals surface area contributed by atoms with E-state index in [1.165, 1.54) is 6.07 Å². The first kappa shape index (κ1) is 14.6. The normalized spacial score (nSPS) is 13.7. The maximum Gasteiger partial charge on any atom is 0.323 e. The van der Waals surface area contributed by atoms with E-state index in [4.69, 9.17) is 0 Å². The highest BCUT2D eigenvalue weighted by Gasteiger charge is 2.37. The minimum atomic E-state index is -0.996. The summed E-state index contributed by atoms with van der Waals surface area (Å²) in [5.74, 6) is -1.29. The standard InChI is InChI=1S/C13H19FN2O2/c1-5-16(13(3,4)12(17)18)9(2)11-7-6-10(14)8-15-11/h6-9H,5H2,1-4H3,(H,17,18). The van der Waals surface area contributed by atoms with Gasteiger partial charge in [-0.1, -0.05) is 6.92 Å². The van der Waals surface area contributed by atoms with Crippen LogP contribution in [0.4, 0.5) is 4.39 Å². The Kier molecular flexibility index (Phi) is 4.40. The minimum Gasteiger partial charge on any atom is -0.480 e. The predicted molar refractivity (Wildman–Crippen MR) is 66.7 cm³/mol. The largest absolute Gasteiger partial charge is 0.480 e. The Bertz CT molecular complexity index is 418. The van der Waals surface area contributed by atoms with Gasteiger partial charge >= 0.3 is 5.97 Å². The number of carboxylic acids is 1. The van der Waals surface area contributed by atoms with Gasteiger partial charge in [0.15, 0.2) is 0 Å². The van der Waals surface area contributed by atoms with Crippen molar-refractivity contribution < 1.29 is 14.3 Å². The van der Waals surface area contributed by atoms with Crippen molar-refractivity contribution >= 4 is 5.97 Å². The molecule has 0 aliphatic carbocycles. The third-order valence-electron chi connectivity index (χ3n) is 3.23. The van der Waals surface area contributed by atoms with E-state index in [1.54, 1.807) is 19.9 Å². The summed E-state index contributed by atoms with van der Waals surface area (Å²) in [5.41, 5.74) is -0.336. The molecule has 1 rings (SSSR count). The summed E-state index contributed by atoms with van der Waals surface area (Å²) in [5, 5.41) is 9.26. The van der Waals surface area contributed by atoms with Crippen molar-refractivity contribution in [3.63, 3.8) is 0 Å². The Morgan fingerprint density at radius 1 is 1.56 bits per heavy atom. The molecule has 0 aliphatic rings. The maximum atomic E-state index is 12.8. The van der Waals surface area contributed by atoms with Crippen LogP contribution in [0.1, 0.15) is 39.4 Å². The lowest BCUT2D eigenvalue weighted by Crippen LogP contribution is -2.51. The van der Waals surface area contributed by atoms with Crippen LogP contribution in [0.3, 0.4) is 0 Å². The topological polar surface area (TPSA) is 53.4 Å². The molecule has 0 aromatic carbocycles. The first-order valence-corrected chi connectivity index (χ1v) is 5.92. The highest BCUT2D eigenvalue weighted by molar-refractivity contribution is 5.77. The van der Waals surface area contributed by atoms with Crippen molar-refractivity contribution in [2.75, 3.05) is 6.54 Å². The van der Waals surface area contributed by atoms with E-state index in [0.29, 0.717) is 12.2 Å². The lowest BCUT2D eigenvalue weighted by Gasteiger charge is -2.38. The molecule has 0 saturated carbocycles. The number of likely N-dealkylation sites (N-methyl/N-ethyl adjacent to an activating group) is 1. The molecule has 1 aromatic heterocycles. The molecule has 0 fully saturated rings. The second-order valence-corrected chi connectivity index (χ2v) is 4.73. The highest BCUT2D eigenvalue weighted by Crippen LogP contribution is 2.26. The number of carbonyl (C=O) groups is 1. The van der Waals surface area contributed by atoms with Gasteiger partial charge in [-0.05, 0) is 39.4 Å². The number of aromatic nitrogens is 1. The zero-order valence-electron chi connectivity index (χ0n) is 11.1. The Hall–Kier alpha value is -1.49. The van der Waals surface area contributed by atoms with E-state index in [-0.39, 0.29) is 6.04 Å². The SMILES string of the molecule is CCN(C(C)c1ccc(F)cn1)C(C)(C)C(=O)O. The van der Waals surface area contributed by atoms with Crippen LogP contribution in [0.25, 0.3) is 0 Å². The van der Waals surface area contributed by atoms with Gasteiger partial charge in [0.1, 0.15) is 11.4 Å². The van der Waals surface area contributed by atoms with Gasteiger partial charge in [-0.2, -0.15) is 0 Å². The van der Waals surface area contributed by atoms with Gasteiger partial charge in [0.05, 0.1) is 17.9 Å². The zero-order valence-corrected chi connectivity index (χ0v) is 11.1.